The Morgan fingerprint density at radius 2 is 1.47 bits per heavy atom. The Kier molecular flexibility index (Phi) is 5.65. The summed E-state index contributed by atoms with van der Waals surface area (Å²) >= 11 is 0. The van der Waals surface area contributed by atoms with Crippen molar-refractivity contribution >= 4 is 11.6 Å². The molecule has 2 aromatic heterocycles. The highest BCUT2D eigenvalue weighted by Crippen LogP contribution is 2.35. The predicted octanol–water partition coefficient (Wildman–Crippen LogP) is 5.58. The molecule has 0 radical (unpaired) electrons. The van der Waals surface area contributed by atoms with Gasteiger partial charge in [0, 0.05) is 11.9 Å². The molecule has 0 saturated carbocycles. The fraction of sp³-hybridized carbons (Fsp3) is 0.167. The molecule has 0 aliphatic rings. The Hall–Kier alpha value is -3.58. The van der Waals surface area contributed by atoms with Crippen LogP contribution >= 0.6 is 0 Å². The van der Waals surface area contributed by atoms with Gasteiger partial charge in [0.05, 0.1) is 22.9 Å². The molecule has 1 amide bonds. The smallest absolute Gasteiger partial charge is 0.322 e. The van der Waals surface area contributed by atoms with E-state index < -0.39 is 58.3 Å². The first kappa shape index (κ1) is 23.1. The fourth-order valence-electron chi connectivity index (χ4n) is 2.61. The van der Waals surface area contributed by atoms with Crippen LogP contribution in [0.2, 0.25) is 0 Å². The largest absolute Gasteiger partial charge is 0.434 e. The van der Waals surface area contributed by atoms with Crippen molar-refractivity contribution in [3.05, 3.63) is 71.2 Å². The van der Waals surface area contributed by atoms with E-state index in [9.17, 15) is 44.3 Å². The van der Waals surface area contributed by atoms with Crippen LogP contribution < -0.4 is 5.32 Å². The van der Waals surface area contributed by atoms with Crippen LogP contribution in [0.4, 0.5) is 45.2 Å². The average molecular weight is 468 g/mol. The van der Waals surface area contributed by atoms with Crippen molar-refractivity contribution in [1.82, 2.24) is 14.8 Å². The molecule has 14 heteroatoms. The number of amides is 1. The molecule has 3 rings (SSSR count). The second-order valence-electron chi connectivity index (χ2n) is 6.25. The third-order valence-corrected chi connectivity index (χ3v) is 4.02. The highest BCUT2D eigenvalue weighted by Gasteiger charge is 2.41. The van der Waals surface area contributed by atoms with Crippen LogP contribution in [-0.4, -0.2) is 20.7 Å². The zero-order chi connectivity index (χ0) is 23.9. The van der Waals surface area contributed by atoms with E-state index in [0.29, 0.717) is 36.7 Å². The number of nitrogens with one attached hydrogen (secondary N) is 1. The minimum Gasteiger partial charge on any atom is -0.322 e. The Morgan fingerprint density at radius 3 is 2.00 bits per heavy atom. The maximum atomic E-state index is 13.6. The number of pyridine rings is 1. The Morgan fingerprint density at radius 1 is 0.812 bits per heavy atom. The van der Waals surface area contributed by atoms with Crippen molar-refractivity contribution in [3.8, 4) is 5.82 Å². The maximum Gasteiger partial charge on any atom is 0.434 e. The number of alkyl halides is 9. The SMILES string of the molecule is O=C(Nc1cccc(C(F)(F)F)c1)c1cnn(-c2ccc(C(F)(F)F)cn2)c1C(F)(F)F. The zero-order valence-corrected chi connectivity index (χ0v) is 15.3. The maximum absolute atomic E-state index is 13.6. The number of anilines is 1. The molecule has 5 nitrogen and oxygen atoms in total. The zero-order valence-electron chi connectivity index (χ0n) is 15.3. The average Bonchev–Trinajstić information content (AvgIpc) is 3.13. The summed E-state index contributed by atoms with van der Waals surface area (Å²) < 4.78 is 117. The molecule has 0 bridgehead atoms. The lowest BCUT2D eigenvalue weighted by Crippen LogP contribution is -2.21. The second kappa shape index (κ2) is 7.84. The van der Waals surface area contributed by atoms with Crippen LogP contribution in [-0.2, 0) is 18.5 Å². The van der Waals surface area contributed by atoms with Gasteiger partial charge in [0.15, 0.2) is 11.5 Å². The molecule has 0 fully saturated rings. The van der Waals surface area contributed by atoms with Gasteiger partial charge in [0.1, 0.15) is 0 Å². The summed E-state index contributed by atoms with van der Waals surface area (Å²) in [4.78, 5) is 15.7. The normalized spacial score (nSPS) is 12.7. The fourth-order valence-corrected chi connectivity index (χ4v) is 2.61. The highest BCUT2D eigenvalue weighted by atomic mass is 19.4. The van der Waals surface area contributed by atoms with Gasteiger partial charge in [-0.1, -0.05) is 6.07 Å². The van der Waals surface area contributed by atoms with Gasteiger partial charge < -0.3 is 5.32 Å². The van der Waals surface area contributed by atoms with Crippen LogP contribution in [0.3, 0.4) is 0 Å². The summed E-state index contributed by atoms with van der Waals surface area (Å²) in [5.41, 5.74) is -5.54. The van der Waals surface area contributed by atoms with Crippen LogP contribution in [0.5, 0.6) is 0 Å². The monoisotopic (exact) mass is 468 g/mol. The number of carbonyl (C=O) groups is 1. The molecule has 170 valence electrons. The summed E-state index contributed by atoms with van der Waals surface area (Å²) in [6.45, 7) is 0. The van der Waals surface area contributed by atoms with E-state index in [1.165, 1.54) is 0 Å². The van der Waals surface area contributed by atoms with Crippen LogP contribution in [0.15, 0.2) is 48.8 Å². The van der Waals surface area contributed by atoms with Crippen molar-refractivity contribution in [3.63, 3.8) is 0 Å². The van der Waals surface area contributed by atoms with Crippen molar-refractivity contribution in [2.24, 2.45) is 0 Å². The van der Waals surface area contributed by atoms with E-state index in [0.717, 1.165) is 12.1 Å². The quantitative estimate of drug-likeness (QED) is 0.511. The molecule has 32 heavy (non-hydrogen) atoms. The Labute approximate surface area is 172 Å². The van der Waals surface area contributed by atoms with Gasteiger partial charge in [-0.15, -0.1) is 0 Å². The van der Waals surface area contributed by atoms with E-state index in [1.54, 1.807) is 0 Å². The van der Waals surface area contributed by atoms with Gasteiger partial charge >= 0.3 is 18.5 Å². The molecule has 0 atom stereocenters. The van der Waals surface area contributed by atoms with Crippen molar-refractivity contribution in [2.45, 2.75) is 18.5 Å². The Bertz CT molecular complexity index is 1130. The van der Waals surface area contributed by atoms with E-state index in [1.807, 2.05) is 5.32 Å². The molecule has 2 heterocycles. The molecule has 3 aromatic rings. The van der Waals surface area contributed by atoms with Crippen molar-refractivity contribution < 1.29 is 44.3 Å². The molecule has 0 saturated heterocycles. The first-order valence-corrected chi connectivity index (χ1v) is 8.35. The van der Waals surface area contributed by atoms with E-state index >= 15 is 0 Å². The van der Waals surface area contributed by atoms with Gasteiger partial charge in [-0.3, -0.25) is 4.79 Å². The Balaban J connectivity index is 1.98. The number of benzene rings is 1. The highest BCUT2D eigenvalue weighted by molar-refractivity contribution is 6.05. The standard InChI is InChI=1S/C18H9F9N4O/c19-16(20,21)9-2-1-3-11(6-9)30-15(32)12-8-29-31(14(12)18(25,26)27)13-5-4-10(7-28-13)17(22,23)24/h1-8H,(H,30,32). The molecule has 0 spiro atoms. The summed E-state index contributed by atoms with van der Waals surface area (Å²) in [5.74, 6) is -2.10. The molecule has 0 aliphatic heterocycles. The minimum absolute atomic E-state index is 0.112. The lowest BCUT2D eigenvalue weighted by molar-refractivity contribution is -0.143. The van der Waals surface area contributed by atoms with Gasteiger partial charge in [-0.25, -0.2) is 9.67 Å². The van der Waals surface area contributed by atoms with Crippen LogP contribution in [0.25, 0.3) is 5.82 Å². The molecule has 0 unspecified atom stereocenters. The summed E-state index contributed by atoms with van der Waals surface area (Å²) in [5, 5.41) is 5.29. The van der Waals surface area contributed by atoms with Gasteiger partial charge in [0.25, 0.3) is 5.91 Å². The number of nitrogens with zero attached hydrogens (tertiary/aromatic N) is 3. The van der Waals surface area contributed by atoms with Crippen molar-refractivity contribution in [2.75, 3.05) is 5.32 Å². The molecular weight excluding hydrogens is 459 g/mol. The third kappa shape index (κ3) is 4.84. The van der Waals surface area contributed by atoms with Gasteiger partial charge in [-0.05, 0) is 30.3 Å². The minimum atomic E-state index is -5.21. The summed E-state index contributed by atoms with van der Waals surface area (Å²) in [6.07, 6.45) is -14.0. The van der Waals surface area contributed by atoms with E-state index in [4.69, 9.17) is 0 Å². The van der Waals surface area contributed by atoms with Crippen molar-refractivity contribution in [1.29, 1.82) is 0 Å². The summed E-state index contributed by atoms with van der Waals surface area (Å²) in [6, 6.07) is 4.30. The molecule has 0 aliphatic carbocycles. The van der Waals surface area contributed by atoms with Crippen LogP contribution in [0, 0.1) is 0 Å². The topological polar surface area (TPSA) is 59.8 Å². The number of hydrogen-bond donors (Lipinski definition) is 1. The summed E-state index contributed by atoms with van der Waals surface area (Å²) in [7, 11) is 0. The van der Waals surface area contributed by atoms with Gasteiger partial charge in [-0.2, -0.15) is 44.6 Å². The van der Waals surface area contributed by atoms with Crippen LogP contribution in [0.1, 0.15) is 27.2 Å². The number of hydrogen-bond acceptors (Lipinski definition) is 3. The predicted molar refractivity (Wildman–Crippen MR) is 90.8 cm³/mol. The first-order chi connectivity index (χ1) is 14.7. The molecule has 1 aromatic carbocycles. The first-order valence-electron chi connectivity index (χ1n) is 8.35. The second-order valence-corrected chi connectivity index (χ2v) is 6.25. The number of rotatable bonds is 3. The molecule has 1 N–H and O–H groups in total. The lowest BCUT2D eigenvalue weighted by atomic mass is 10.1. The van der Waals surface area contributed by atoms with Gasteiger partial charge in [0.2, 0.25) is 0 Å². The van der Waals surface area contributed by atoms with E-state index in [-0.39, 0.29) is 4.68 Å². The number of halogens is 9. The molecular formula is C18H9F9N4O. The lowest BCUT2D eigenvalue weighted by Gasteiger charge is -2.13. The third-order valence-electron chi connectivity index (χ3n) is 4.02. The number of aromatic nitrogens is 3. The van der Waals surface area contributed by atoms with E-state index in [2.05, 4.69) is 10.1 Å². The number of carbonyl (C=O) groups excluding carboxylic acids is 1.